The quantitative estimate of drug-likeness (QED) is 0.466. The van der Waals surface area contributed by atoms with Crippen LogP contribution in [0.5, 0.6) is 0 Å². The zero-order valence-electron chi connectivity index (χ0n) is 18.8. The molecular weight excluding hydrogens is 436 g/mol. The Balaban J connectivity index is 1.26. The van der Waals surface area contributed by atoms with Gasteiger partial charge in [0.05, 0.1) is 5.39 Å². The number of H-pyrrole nitrogens is 1. The van der Waals surface area contributed by atoms with Gasteiger partial charge in [-0.3, -0.25) is 4.79 Å². The van der Waals surface area contributed by atoms with Crippen molar-refractivity contribution in [1.29, 1.82) is 0 Å². The summed E-state index contributed by atoms with van der Waals surface area (Å²) >= 11 is 0. The maximum atomic E-state index is 13.5. The number of aromatic nitrogens is 3. The van der Waals surface area contributed by atoms with E-state index in [-0.39, 0.29) is 23.5 Å². The first-order chi connectivity index (χ1) is 16.5. The predicted molar refractivity (Wildman–Crippen MR) is 128 cm³/mol. The SMILES string of the molecule is C[C@H](CC(=O)N1CCN(c2ncnc3[nH]c(-c4ccc(F)cc4)cc23)CC1)c1cccc(F)c1. The van der Waals surface area contributed by atoms with Crippen LogP contribution in [-0.4, -0.2) is 51.9 Å². The van der Waals surface area contributed by atoms with Crippen LogP contribution in [0.3, 0.4) is 0 Å². The summed E-state index contributed by atoms with van der Waals surface area (Å²) in [6.07, 6.45) is 1.88. The second kappa shape index (κ2) is 9.21. The molecule has 0 bridgehead atoms. The van der Waals surface area contributed by atoms with Crippen molar-refractivity contribution in [3.05, 3.63) is 78.1 Å². The fourth-order valence-electron chi connectivity index (χ4n) is 4.45. The van der Waals surface area contributed by atoms with Crippen LogP contribution in [0.1, 0.15) is 24.8 Å². The lowest BCUT2D eigenvalue weighted by Gasteiger charge is -2.36. The van der Waals surface area contributed by atoms with Gasteiger partial charge in [-0.25, -0.2) is 18.7 Å². The fourth-order valence-corrected chi connectivity index (χ4v) is 4.45. The normalized spacial score (nSPS) is 15.0. The number of piperazine rings is 1. The Morgan fingerprint density at radius 3 is 2.50 bits per heavy atom. The zero-order chi connectivity index (χ0) is 23.7. The van der Waals surface area contributed by atoms with E-state index in [1.807, 2.05) is 24.0 Å². The lowest BCUT2D eigenvalue weighted by Crippen LogP contribution is -2.49. The maximum Gasteiger partial charge on any atom is 0.223 e. The van der Waals surface area contributed by atoms with Gasteiger partial charge in [-0.1, -0.05) is 19.1 Å². The third-order valence-electron chi connectivity index (χ3n) is 6.39. The van der Waals surface area contributed by atoms with E-state index in [0.717, 1.165) is 28.0 Å². The Bertz CT molecular complexity index is 1310. The molecule has 1 aliphatic heterocycles. The average molecular weight is 462 g/mol. The van der Waals surface area contributed by atoms with Gasteiger partial charge in [0.25, 0.3) is 0 Å². The molecule has 1 amide bonds. The number of rotatable bonds is 5. The summed E-state index contributed by atoms with van der Waals surface area (Å²) in [6, 6.07) is 14.7. The number of nitrogens with one attached hydrogen (secondary N) is 1. The highest BCUT2D eigenvalue weighted by molar-refractivity contribution is 5.92. The lowest BCUT2D eigenvalue weighted by atomic mass is 9.97. The number of fused-ring (bicyclic) bond motifs is 1. The minimum atomic E-state index is -0.283. The van der Waals surface area contributed by atoms with Crippen LogP contribution in [0.2, 0.25) is 0 Å². The summed E-state index contributed by atoms with van der Waals surface area (Å²) in [6.45, 7) is 4.45. The van der Waals surface area contributed by atoms with E-state index >= 15 is 0 Å². The zero-order valence-corrected chi connectivity index (χ0v) is 18.8. The molecule has 1 aliphatic rings. The standard InChI is InChI=1S/C26H25F2N5O/c1-17(19-3-2-4-21(28)14-19)13-24(34)32-9-11-33(12-10-32)26-22-15-23(31-25(22)29-16-30-26)18-5-7-20(27)8-6-18/h2-8,14-17H,9-13H2,1H3,(H,29,30,31)/t17-/m1/s1. The van der Waals surface area contributed by atoms with Gasteiger partial charge in [-0.15, -0.1) is 0 Å². The molecule has 34 heavy (non-hydrogen) atoms. The van der Waals surface area contributed by atoms with E-state index in [1.165, 1.54) is 30.6 Å². The van der Waals surface area contributed by atoms with Crippen LogP contribution in [-0.2, 0) is 4.79 Å². The predicted octanol–water partition coefficient (Wildman–Crippen LogP) is 4.75. The van der Waals surface area contributed by atoms with Gasteiger partial charge in [0, 0.05) is 38.3 Å². The van der Waals surface area contributed by atoms with Gasteiger partial charge < -0.3 is 14.8 Å². The molecular formula is C26H25F2N5O. The summed E-state index contributed by atoms with van der Waals surface area (Å²) in [4.78, 5) is 29.0. The highest BCUT2D eigenvalue weighted by Gasteiger charge is 2.25. The average Bonchev–Trinajstić information content (AvgIpc) is 3.29. The largest absolute Gasteiger partial charge is 0.352 e. The van der Waals surface area contributed by atoms with Gasteiger partial charge in [0.15, 0.2) is 0 Å². The van der Waals surface area contributed by atoms with E-state index < -0.39 is 0 Å². The number of amides is 1. The Hall–Kier alpha value is -3.81. The number of benzene rings is 2. The van der Waals surface area contributed by atoms with Crippen LogP contribution in [0, 0.1) is 11.6 Å². The third kappa shape index (κ3) is 4.48. The summed E-state index contributed by atoms with van der Waals surface area (Å²) in [5.74, 6) is 0.277. The number of carbonyl (C=O) groups excluding carboxylic acids is 1. The van der Waals surface area contributed by atoms with Crippen molar-refractivity contribution < 1.29 is 13.6 Å². The van der Waals surface area contributed by atoms with Gasteiger partial charge in [0.2, 0.25) is 5.91 Å². The smallest absolute Gasteiger partial charge is 0.223 e. The van der Waals surface area contributed by atoms with Crippen LogP contribution >= 0.6 is 0 Å². The molecule has 0 spiro atoms. The van der Waals surface area contributed by atoms with E-state index in [2.05, 4.69) is 19.9 Å². The number of hydrogen-bond acceptors (Lipinski definition) is 4. The Morgan fingerprint density at radius 1 is 1.00 bits per heavy atom. The van der Waals surface area contributed by atoms with Crippen LogP contribution < -0.4 is 4.90 Å². The fraction of sp³-hybridized carbons (Fsp3) is 0.269. The molecule has 1 saturated heterocycles. The molecule has 0 aliphatic carbocycles. The van der Waals surface area contributed by atoms with Crippen molar-refractivity contribution in [2.75, 3.05) is 31.1 Å². The van der Waals surface area contributed by atoms with Crippen molar-refractivity contribution in [3.8, 4) is 11.3 Å². The first-order valence-electron chi connectivity index (χ1n) is 11.4. The van der Waals surface area contributed by atoms with Crippen LogP contribution in [0.15, 0.2) is 60.9 Å². The molecule has 5 rings (SSSR count). The molecule has 2 aromatic heterocycles. The summed E-state index contributed by atoms with van der Waals surface area (Å²) in [5, 5.41) is 0.890. The van der Waals surface area contributed by atoms with Gasteiger partial charge in [-0.05, 0) is 59.5 Å². The number of anilines is 1. The number of nitrogens with zero attached hydrogens (tertiary/aromatic N) is 4. The summed E-state index contributed by atoms with van der Waals surface area (Å²) < 4.78 is 26.8. The van der Waals surface area contributed by atoms with Gasteiger partial charge in [-0.2, -0.15) is 0 Å². The minimum Gasteiger partial charge on any atom is -0.352 e. The van der Waals surface area contributed by atoms with Crippen molar-refractivity contribution in [1.82, 2.24) is 19.9 Å². The number of carbonyl (C=O) groups is 1. The molecule has 8 heteroatoms. The van der Waals surface area contributed by atoms with Crippen molar-refractivity contribution in [2.45, 2.75) is 19.3 Å². The van der Waals surface area contributed by atoms with E-state index in [0.29, 0.717) is 38.2 Å². The number of halogens is 2. The van der Waals surface area contributed by atoms with E-state index in [4.69, 9.17) is 0 Å². The molecule has 0 saturated carbocycles. The van der Waals surface area contributed by atoms with Crippen LogP contribution in [0.25, 0.3) is 22.3 Å². The van der Waals surface area contributed by atoms with Crippen molar-refractivity contribution >= 4 is 22.8 Å². The summed E-state index contributed by atoms with van der Waals surface area (Å²) in [5.41, 5.74) is 3.26. The highest BCUT2D eigenvalue weighted by atomic mass is 19.1. The van der Waals surface area contributed by atoms with Crippen molar-refractivity contribution in [2.24, 2.45) is 0 Å². The topological polar surface area (TPSA) is 65.1 Å². The first kappa shape index (κ1) is 22.0. The molecule has 0 unspecified atom stereocenters. The van der Waals surface area contributed by atoms with E-state index in [9.17, 15) is 13.6 Å². The second-order valence-corrected chi connectivity index (χ2v) is 8.68. The number of hydrogen-bond donors (Lipinski definition) is 1. The molecule has 3 heterocycles. The first-order valence-corrected chi connectivity index (χ1v) is 11.4. The molecule has 0 radical (unpaired) electrons. The third-order valence-corrected chi connectivity index (χ3v) is 6.39. The molecule has 1 N–H and O–H groups in total. The molecule has 1 atom stereocenters. The van der Waals surface area contributed by atoms with Crippen molar-refractivity contribution in [3.63, 3.8) is 0 Å². The monoisotopic (exact) mass is 461 g/mol. The molecule has 4 aromatic rings. The van der Waals surface area contributed by atoms with Gasteiger partial charge in [0.1, 0.15) is 29.4 Å². The van der Waals surface area contributed by atoms with E-state index in [1.54, 1.807) is 18.2 Å². The molecule has 2 aromatic carbocycles. The number of aromatic amines is 1. The maximum absolute atomic E-state index is 13.5. The van der Waals surface area contributed by atoms with Gasteiger partial charge >= 0.3 is 0 Å². The summed E-state index contributed by atoms with van der Waals surface area (Å²) in [7, 11) is 0. The lowest BCUT2D eigenvalue weighted by molar-refractivity contribution is -0.131. The minimum absolute atomic E-state index is 0.0487. The molecule has 174 valence electrons. The molecule has 6 nitrogen and oxygen atoms in total. The second-order valence-electron chi connectivity index (χ2n) is 8.68. The highest BCUT2D eigenvalue weighted by Crippen LogP contribution is 2.29. The Kier molecular flexibility index (Phi) is 5.96. The Labute approximate surface area is 196 Å². The van der Waals surface area contributed by atoms with Crippen LogP contribution in [0.4, 0.5) is 14.6 Å². The molecule has 1 fully saturated rings. The Morgan fingerprint density at radius 2 is 1.76 bits per heavy atom.